The van der Waals surface area contributed by atoms with Gasteiger partial charge in [0.25, 0.3) is 0 Å². The van der Waals surface area contributed by atoms with E-state index in [-0.39, 0.29) is 25.4 Å². The first kappa shape index (κ1) is 37.7. The molecule has 17 heteroatoms. The third kappa shape index (κ3) is 8.65. The number of rotatable bonds is 9. The molecule has 3 heterocycles. The van der Waals surface area contributed by atoms with Crippen LogP contribution < -0.4 is 0 Å². The Morgan fingerprint density at radius 3 is 1.62 bits per heavy atom. The van der Waals surface area contributed by atoms with Crippen molar-refractivity contribution in [1.29, 1.82) is 0 Å². The van der Waals surface area contributed by atoms with Crippen LogP contribution in [0.25, 0.3) is 0 Å². The molecule has 16 atom stereocenters. The van der Waals surface area contributed by atoms with Crippen LogP contribution in [0.2, 0.25) is 0 Å². The smallest absolute Gasteiger partial charge is 0.302 e. The third-order valence-corrected chi connectivity index (χ3v) is 10.3. The molecular formula is C31H51O17+. The summed E-state index contributed by atoms with van der Waals surface area (Å²) in [6, 6.07) is 0. The van der Waals surface area contributed by atoms with Gasteiger partial charge in [0.15, 0.2) is 24.8 Å². The first-order valence-corrected chi connectivity index (χ1v) is 16.8. The molecule has 2 saturated carbocycles. The normalized spacial score (nSPS) is 48.3. The van der Waals surface area contributed by atoms with Gasteiger partial charge in [-0.2, -0.15) is 0 Å². The highest BCUT2D eigenvalue weighted by Gasteiger charge is 2.56. The van der Waals surface area contributed by atoms with Crippen molar-refractivity contribution in [2.45, 2.75) is 157 Å². The van der Waals surface area contributed by atoms with Gasteiger partial charge in [0.1, 0.15) is 68.1 Å². The van der Waals surface area contributed by atoms with Crippen molar-refractivity contribution < 1.29 is 83.6 Å². The number of hydrogen-bond acceptors (Lipinski definition) is 16. The van der Waals surface area contributed by atoms with Gasteiger partial charge in [-0.1, -0.05) is 0 Å². The van der Waals surface area contributed by atoms with Crippen LogP contribution in [0.15, 0.2) is 0 Å². The molecule has 5 rings (SSSR count). The Morgan fingerprint density at radius 1 is 0.625 bits per heavy atom. The summed E-state index contributed by atoms with van der Waals surface area (Å²) in [5, 5.41) is 84.7. The van der Waals surface area contributed by atoms with E-state index in [9.17, 15) is 50.4 Å². The molecule has 0 aromatic rings. The average molecular weight is 696 g/mol. The molecule has 6 unspecified atom stereocenters. The molecule has 3 saturated heterocycles. The number of aliphatic hydroxyl groups excluding tert-OH is 8. The summed E-state index contributed by atoms with van der Waals surface area (Å²) in [6.07, 6.45) is -15.7. The lowest BCUT2D eigenvalue weighted by Crippen LogP contribution is -2.64. The summed E-state index contributed by atoms with van der Waals surface area (Å²) in [7, 11) is 0. The molecule has 0 spiro atoms. The van der Waals surface area contributed by atoms with Crippen molar-refractivity contribution in [2.75, 3.05) is 13.2 Å². The fraction of sp³-hybridized carbons (Fsp3) is 0.935. The van der Waals surface area contributed by atoms with Crippen molar-refractivity contribution in [1.82, 2.24) is 0 Å². The average Bonchev–Trinajstić information content (AvgIpc) is 3.04. The van der Waals surface area contributed by atoms with Gasteiger partial charge in [0.05, 0.1) is 24.2 Å². The summed E-state index contributed by atoms with van der Waals surface area (Å²) >= 11 is 0. The van der Waals surface area contributed by atoms with Crippen LogP contribution in [0, 0.1) is 11.8 Å². The highest BCUT2D eigenvalue weighted by Crippen LogP contribution is 2.43. The topological polar surface area (TPSA) is 264 Å². The van der Waals surface area contributed by atoms with E-state index >= 15 is 0 Å². The molecule has 0 radical (unpaired) electrons. The van der Waals surface area contributed by atoms with E-state index in [2.05, 4.69) is 0 Å². The molecule has 5 fully saturated rings. The van der Waals surface area contributed by atoms with Gasteiger partial charge in [-0.05, 0) is 32.1 Å². The van der Waals surface area contributed by atoms with Crippen LogP contribution in [-0.2, 0) is 38.0 Å². The zero-order valence-corrected chi connectivity index (χ0v) is 27.0. The number of esters is 2. The minimum Gasteiger partial charge on any atom is -0.463 e. The van der Waals surface area contributed by atoms with E-state index in [1.807, 2.05) is 0 Å². The summed E-state index contributed by atoms with van der Waals surface area (Å²) in [5.41, 5.74) is 0. The van der Waals surface area contributed by atoms with E-state index in [4.69, 9.17) is 33.2 Å². The molecule has 0 bridgehead atoms. The predicted molar refractivity (Wildman–Crippen MR) is 157 cm³/mol. The number of fused-ring (bicyclic) bond motifs is 1. The number of ether oxygens (including phenoxy) is 7. The molecule has 0 amide bonds. The zero-order valence-electron chi connectivity index (χ0n) is 27.0. The number of carbonyl (C=O) groups is 2. The van der Waals surface area contributed by atoms with Gasteiger partial charge >= 0.3 is 11.9 Å². The minimum atomic E-state index is -1.68. The van der Waals surface area contributed by atoms with E-state index in [1.165, 1.54) is 13.8 Å². The van der Waals surface area contributed by atoms with Crippen molar-refractivity contribution >= 4 is 11.9 Å². The second-order valence-electron chi connectivity index (χ2n) is 13.8. The molecular weight excluding hydrogens is 644 g/mol. The summed E-state index contributed by atoms with van der Waals surface area (Å²) in [4.78, 5) is 22.8. The number of aliphatic hydroxyl groups is 10. The van der Waals surface area contributed by atoms with Crippen LogP contribution in [-0.4, -0.2) is 169 Å². The monoisotopic (exact) mass is 695 g/mol. The number of carbonyl (C=O) groups excluding carboxylic acids is 2. The quantitative estimate of drug-likeness (QED) is 0.0859. The maximum Gasteiger partial charge on any atom is 0.302 e. The molecule has 0 aromatic carbocycles. The molecule has 2 aliphatic carbocycles. The van der Waals surface area contributed by atoms with Gasteiger partial charge in [-0.15, -0.1) is 0 Å². The Kier molecular flexibility index (Phi) is 12.7. The number of hydrogen-bond donors (Lipinski definition) is 8. The Labute approximate surface area is 277 Å². The van der Waals surface area contributed by atoms with E-state index in [0.29, 0.717) is 32.1 Å². The van der Waals surface area contributed by atoms with Crippen LogP contribution in [0.5, 0.6) is 0 Å². The summed E-state index contributed by atoms with van der Waals surface area (Å²) < 4.78 is 39.2. The Bertz CT molecular complexity index is 1070. The van der Waals surface area contributed by atoms with Crippen LogP contribution in [0.3, 0.4) is 0 Å². The van der Waals surface area contributed by atoms with E-state index < -0.39 is 122 Å². The Morgan fingerprint density at radius 2 is 1.12 bits per heavy atom. The lowest BCUT2D eigenvalue weighted by Gasteiger charge is -2.50. The maximum absolute atomic E-state index is 11.4. The third-order valence-electron chi connectivity index (χ3n) is 10.3. The predicted octanol–water partition coefficient (Wildman–Crippen LogP) is -3.51. The first-order valence-electron chi connectivity index (χ1n) is 16.8. The van der Waals surface area contributed by atoms with Gasteiger partial charge in [0.2, 0.25) is 0 Å². The van der Waals surface area contributed by atoms with Gasteiger partial charge < -0.3 is 74.0 Å². The standard InChI is InChI=1S/C31H50O17/c1-12(32)42-10-21-23(36)25(38)27(40)30(47-21)45-19-8-16(35)7-18-17(19)9-20(29(44-18)14-3-5-15(34)6-4-14)46-31-28(41)26(39)24(37)22(48-31)11-43-13(2)33/h14-31,34-41H,3-11H2,1-2H3/p+1/t14?,15?,16?,17?,18?,19?,20?,21-,22-,23-,24-,25+,26+,27-,28-,29?,30-,31-/m1/s1. The van der Waals surface area contributed by atoms with E-state index in [0.717, 1.165) is 0 Å². The highest BCUT2D eigenvalue weighted by atomic mass is 16.7. The van der Waals surface area contributed by atoms with Crippen molar-refractivity contribution in [2.24, 2.45) is 11.8 Å². The van der Waals surface area contributed by atoms with E-state index in [1.54, 1.807) is 0 Å². The lowest BCUT2D eigenvalue weighted by molar-refractivity contribution is -0.366. The second kappa shape index (κ2) is 16.2. The van der Waals surface area contributed by atoms with Crippen molar-refractivity contribution in [3.8, 4) is 0 Å². The Hall–Kier alpha value is -1.58. The summed E-state index contributed by atoms with van der Waals surface area (Å²) in [6.45, 7) is 1.57. The SMILES string of the molecule is CC(=O)OC[C@H]1O[C@@H](OC2CC(O)CC3[OH+]C(C4CCC(O)CC4)C(O[C@@H]4O[C@H](COC(C)=O)[C@@H](O)[C@H](O)[C@H]4O)CC23)[C@H](O)[C@@H](O)[C@@H]1O. The minimum absolute atomic E-state index is 0.0203. The first-order chi connectivity index (χ1) is 22.7. The molecule has 0 aromatic heterocycles. The van der Waals surface area contributed by atoms with Crippen molar-refractivity contribution in [3.05, 3.63) is 0 Å². The highest BCUT2D eigenvalue weighted by molar-refractivity contribution is 5.66. The van der Waals surface area contributed by atoms with Crippen molar-refractivity contribution in [3.63, 3.8) is 0 Å². The molecule has 5 aliphatic rings. The molecule has 9 N–H and O–H groups in total. The fourth-order valence-corrected chi connectivity index (χ4v) is 7.68. The molecule has 17 nitrogen and oxygen atoms in total. The van der Waals surface area contributed by atoms with Gasteiger partial charge in [-0.25, -0.2) is 0 Å². The second-order valence-corrected chi connectivity index (χ2v) is 13.8. The lowest BCUT2D eigenvalue weighted by atomic mass is 9.73. The van der Waals surface area contributed by atoms with Crippen LogP contribution in [0.4, 0.5) is 0 Å². The molecule has 48 heavy (non-hydrogen) atoms. The fourth-order valence-electron chi connectivity index (χ4n) is 7.68. The molecule has 276 valence electrons. The van der Waals surface area contributed by atoms with Crippen LogP contribution >= 0.6 is 0 Å². The summed E-state index contributed by atoms with van der Waals surface area (Å²) in [5.74, 6) is -1.71. The van der Waals surface area contributed by atoms with Gasteiger partial charge in [-0.3, -0.25) is 9.59 Å². The maximum atomic E-state index is 11.4. The van der Waals surface area contributed by atoms with Crippen LogP contribution in [0.1, 0.15) is 58.8 Å². The Balaban J connectivity index is 1.36. The molecule has 3 aliphatic heterocycles. The largest absolute Gasteiger partial charge is 0.463 e. The zero-order chi connectivity index (χ0) is 34.9. The van der Waals surface area contributed by atoms with Gasteiger partial charge in [0, 0.05) is 32.6 Å².